The van der Waals surface area contributed by atoms with Crippen LogP contribution < -0.4 is 14.2 Å². The number of nitrogens with zero attached hydrogens (tertiary/aromatic N) is 1. The lowest BCUT2D eigenvalue weighted by molar-refractivity contribution is -0.385. The van der Waals surface area contributed by atoms with Crippen molar-refractivity contribution in [1.82, 2.24) is 0 Å². The molecule has 0 spiro atoms. The van der Waals surface area contributed by atoms with E-state index >= 15 is 0 Å². The molecule has 0 aliphatic heterocycles. The first-order valence-electron chi connectivity index (χ1n) is 6.71. The van der Waals surface area contributed by atoms with Crippen LogP contribution in [0.2, 0.25) is 0 Å². The van der Waals surface area contributed by atoms with Gasteiger partial charge in [0.15, 0.2) is 0 Å². The first-order valence-corrected chi connectivity index (χ1v) is 6.71. The first-order chi connectivity index (χ1) is 11.0. The van der Waals surface area contributed by atoms with Crippen molar-refractivity contribution in [3.63, 3.8) is 0 Å². The smallest absolute Gasteiger partial charge is 0.273 e. The minimum absolute atomic E-state index is 0.0877. The summed E-state index contributed by atoms with van der Waals surface area (Å²) in [6, 6.07) is 6.63. The van der Waals surface area contributed by atoms with Gasteiger partial charge in [0.1, 0.15) is 23.1 Å². The van der Waals surface area contributed by atoms with Crippen molar-refractivity contribution in [3.8, 4) is 17.2 Å². The fraction of sp³-hybridized carbons (Fsp3) is 0.250. The Morgan fingerprint density at radius 2 is 1.65 bits per heavy atom. The van der Waals surface area contributed by atoms with E-state index in [1.165, 1.54) is 21.3 Å². The van der Waals surface area contributed by atoms with Gasteiger partial charge >= 0.3 is 0 Å². The van der Waals surface area contributed by atoms with Crippen LogP contribution in [-0.4, -0.2) is 26.3 Å². The number of hydrogen-bond donors (Lipinski definition) is 0. The maximum Gasteiger partial charge on any atom is 0.273 e. The van der Waals surface area contributed by atoms with Gasteiger partial charge in [-0.05, 0) is 12.1 Å². The van der Waals surface area contributed by atoms with Crippen LogP contribution in [0.1, 0.15) is 11.1 Å². The molecule has 0 fully saturated rings. The molecule has 122 valence electrons. The predicted molar refractivity (Wildman–Crippen MR) is 82.0 cm³/mol. The number of ether oxygens (including phenoxy) is 3. The second-order valence-electron chi connectivity index (χ2n) is 4.72. The van der Waals surface area contributed by atoms with Crippen LogP contribution in [0.4, 0.5) is 10.1 Å². The lowest BCUT2D eigenvalue weighted by atomic mass is 10.0. The molecule has 0 heterocycles. The van der Waals surface area contributed by atoms with Gasteiger partial charge < -0.3 is 14.2 Å². The quantitative estimate of drug-likeness (QED) is 0.603. The number of methoxy groups -OCH3 is 3. The molecule has 0 unspecified atom stereocenters. The Balaban J connectivity index is 2.56. The summed E-state index contributed by atoms with van der Waals surface area (Å²) in [5.41, 5.74) is 0.646. The molecule has 0 saturated carbocycles. The largest absolute Gasteiger partial charge is 0.496 e. The van der Waals surface area contributed by atoms with Gasteiger partial charge in [0.25, 0.3) is 5.69 Å². The van der Waals surface area contributed by atoms with E-state index in [1.807, 2.05) is 0 Å². The van der Waals surface area contributed by atoms with E-state index in [-0.39, 0.29) is 17.7 Å². The topological polar surface area (TPSA) is 70.8 Å². The summed E-state index contributed by atoms with van der Waals surface area (Å²) in [5.74, 6) is 0.868. The molecule has 0 aliphatic carbocycles. The van der Waals surface area contributed by atoms with Crippen LogP contribution >= 0.6 is 0 Å². The number of benzene rings is 2. The van der Waals surface area contributed by atoms with E-state index in [4.69, 9.17) is 14.2 Å². The Morgan fingerprint density at radius 1 is 1.04 bits per heavy atom. The standard InChI is InChI=1S/C16H16FNO5/c1-21-12-8-15(22-2)13(16(9-12)23-3)7-10-6-11(17)4-5-14(10)18(19)20/h4-6,8-9H,7H2,1-3H3. The normalized spacial score (nSPS) is 10.3. The minimum Gasteiger partial charge on any atom is -0.496 e. The molecule has 0 atom stereocenters. The molecule has 6 nitrogen and oxygen atoms in total. The fourth-order valence-corrected chi connectivity index (χ4v) is 2.32. The van der Waals surface area contributed by atoms with Crippen molar-refractivity contribution in [2.45, 2.75) is 6.42 Å². The van der Waals surface area contributed by atoms with Crippen LogP contribution in [0.15, 0.2) is 30.3 Å². The maximum atomic E-state index is 13.5. The molecule has 2 aromatic carbocycles. The highest BCUT2D eigenvalue weighted by atomic mass is 19.1. The average Bonchev–Trinajstić information content (AvgIpc) is 2.54. The lowest BCUT2D eigenvalue weighted by Gasteiger charge is -2.15. The first kappa shape index (κ1) is 16.5. The van der Waals surface area contributed by atoms with Crippen molar-refractivity contribution in [2.24, 2.45) is 0 Å². The Hall–Kier alpha value is -2.83. The summed E-state index contributed by atoms with van der Waals surface area (Å²) >= 11 is 0. The highest BCUT2D eigenvalue weighted by Gasteiger charge is 2.20. The van der Waals surface area contributed by atoms with Gasteiger partial charge in [0.05, 0.1) is 26.3 Å². The molecule has 0 saturated heterocycles. The van der Waals surface area contributed by atoms with E-state index in [0.717, 1.165) is 18.2 Å². The Bertz CT molecular complexity index is 707. The average molecular weight is 321 g/mol. The van der Waals surface area contributed by atoms with E-state index in [9.17, 15) is 14.5 Å². The highest BCUT2D eigenvalue weighted by molar-refractivity contribution is 5.54. The third-order valence-electron chi connectivity index (χ3n) is 3.42. The molecule has 2 aromatic rings. The summed E-state index contributed by atoms with van der Waals surface area (Å²) in [4.78, 5) is 10.6. The van der Waals surface area contributed by atoms with Gasteiger partial charge in [0.2, 0.25) is 0 Å². The molecule has 23 heavy (non-hydrogen) atoms. The predicted octanol–water partition coefficient (Wildman–Crippen LogP) is 3.35. The molecule has 0 aromatic heterocycles. The van der Waals surface area contributed by atoms with Crippen LogP contribution in [-0.2, 0) is 6.42 Å². The minimum atomic E-state index is -0.544. The zero-order valence-corrected chi connectivity index (χ0v) is 13.0. The molecular weight excluding hydrogens is 305 g/mol. The molecular formula is C16H16FNO5. The second-order valence-corrected chi connectivity index (χ2v) is 4.72. The Labute approximate surface area is 132 Å². The van der Waals surface area contributed by atoms with Crippen LogP contribution in [0.3, 0.4) is 0 Å². The number of nitro groups is 1. The molecule has 0 amide bonds. The van der Waals surface area contributed by atoms with E-state index in [1.54, 1.807) is 12.1 Å². The van der Waals surface area contributed by atoms with Crippen molar-refractivity contribution >= 4 is 5.69 Å². The third-order valence-corrected chi connectivity index (χ3v) is 3.42. The maximum absolute atomic E-state index is 13.5. The summed E-state index contributed by atoms with van der Waals surface area (Å²) in [6.45, 7) is 0. The highest BCUT2D eigenvalue weighted by Crippen LogP contribution is 2.37. The van der Waals surface area contributed by atoms with Gasteiger partial charge in [-0.15, -0.1) is 0 Å². The zero-order chi connectivity index (χ0) is 17.0. The number of nitro benzene ring substituents is 1. The molecule has 0 radical (unpaired) electrons. The van der Waals surface area contributed by atoms with Gasteiger partial charge in [-0.3, -0.25) is 10.1 Å². The molecule has 7 heteroatoms. The second kappa shape index (κ2) is 6.95. The Morgan fingerprint density at radius 3 is 2.13 bits per heavy atom. The van der Waals surface area contributed by atoms with Gasteiger partial charge in [0, 0.05) is 35.7 Å². The van der Waals surface area contributed by atoms with E-state index < -0.39 is 10.7 Å². The third kappa shape index (κ3) is 3.50. The van der Waals surface area contributed by atoms with Gasteiger partial charge in [-0.2, -0.15) is 0 Å². The summed E-state index contributed by atoms with van der Waals surface area (Å²) < 4.78 is 29.3. The van der Waals surface area contributed by atoms with Crippen molar-refractivity contribution in [1.29, 1.82) is 0 Å². The SMILES string of the molecule is COc1cc(OC)c(Cc2cc(F)ccc2[N+](=O)[O-])c(OC)c1. The van der Waals surface area contributed by atoms with Crippen molar-refractivity contribution in [2.75, 3.05) is 21.3 Å². The van der Waals surface area contributed by atoms with E-state index in [0.29, 0.717) is 22.8 Å². The zero-order valence-electron chi connectivity index (χ0n) is 13.0. The summed E-state index contributed by atoms with van der Waals surface area (Å²) in [6.07, 6.45) is 0.0877. The van der Waals surface area contributed by atoms with Gasteiger partial charge in [-0.1, -0.05) is 0 Å². The molecule has 0 N–H and O–H groups in total. The van der Waals surface area contributed by atoms with Gasteiger partial charge in [-0.25, -0.2) is 4.39 Å². The monoisotopic (exact) mass is 321 g/mol. The lowest BCUT2D eigenvalue weighted by Crippen LogP contribution is -2.02. The summed E-state index contributed by atoms with van der Waals surface area (Å²) in [5, 5.41) is 11.1. The number of hydrogen-bond acceptors (Lipinski definition) is 5. The molecule has 0 bridgehead atoms. The van der Waals surface area contributed by atoms with Crippen LogP contribution in [0.5, 0.6) is 17.2 Å². The number of halogens is 1. The van der Waals surface area contributed by atoms with Crippen LogP contribution in [0, 0.1) is 15.9 Å². The number of rotatable bonds is 6. The molecule has 0 aliphatic rings. The van der Waals surface area contributed by atoms with Crippen molar-refractivity contribution < 1.29 is 23.5 Å². The van der Waals surface area contributed by atoms with E-state index in [2.05, 4.69) is 0 Å². The fourth-order valence-electron chi connectivity index (χ4n) is 2.32. The molecule has 2 rings (SSSR count). The van der Waals surface area contributed by atoms with Crippen LogP contribution in [0.25, 0.3) is 0 Å². The Kier molecular flexibility index (Phi) is 5.00. The summed E-state index contributed by atoms with van der Waals surface area (Å²) in [7, 11) is 4.45. The van der Waals surface area contributed by atoms with Crippen molar-refractivity contribution in [3.05, 3.63) is 57.4 Å².